The smallest absolute Gasteiger partial charge is 0.243 e. The fourth-order valence-electron chi connectivity index (χ4n) is 5.41. The van der Waals surface area contributed by atoms with Gasteiger partial charge < -0.3 is 32.1 Å². The molecule has 43 heavy (non-hydrogen) atoms. The van der Waals surface area contributed by atoms with Crippen molar-refractivity contribution >= 4 is 23.6 Å². The van der Waals surface area contributed by atoms with Gasteiger partial charge in [0.25, 0.3) is 0 Å². The van der Waals surface area contributed by atoms with Crippen LogP contribution in [0.15, 0.2) is 72.8 Å². The Morgan fingerprint density at radius 3 is 1.88 bits per heavy atom. The minimum absolute atomic E-state index is 0.148. The van der Waals surface area contributed by atoms with E-state index in [9.17, 15) is 24.3 Å². The summed E-state index contributed by atoms with van der Waals surface area (Å²) in [5.41, 5.74) is 16.1. The molecule has 0 bridgehead atoms. The summed E-state index contributed by atoms with van der Waals surface area (Å²) in [6.45, 7) is 4.06. The first-order valence-corrected chi connectivity index (χ1v) is 14.4. The second kappa shape index (κ2) is 14.0. The lowest BCUT2D eigenvalue weighted by Crippen LogP contribution is -2.64. The van der Waals surface area contributed by atoms with Gasteiger partial charge in [-0.15, -0.1) is 0 Å². The van der Waals surface area contributed by atoms with E-state index in [1.165, 1.54) is 4.90 Å². The molecule has 1 aliphatic rings. The topological polar surface area (TPSA) is 168 Å². The zero-order valence-corrected chi connectivity index (χ0v) is 24.5. The third kappa shape index (κ3) is 7.98. The quantitative estimate of drug-likeness (QED) is 0.215. The largest absolute Gasteiger partial charge is 0.508 e. The second-order valence-electron chi connectivity index (χ2n) is 11.1. The summed E-state index contributed by atoms with van der Waals surface area (Å²) in [5, 5.41) is 15.4. The lowest BCUT2D eigenvalue weighted by Gasteiger charge is -2.41. The van der Waals surface area contributed by atoms with Gasteiger partial charge >= 0.3 is 0 Å². The Kier molecular flexibility index (Phi) is 10.2. The number of amides is 4. The zero-order chi connectivity index (χ0) is 31.1. The Morgan fingerprint density at radius 2 is 1.40 bits per heavy atom. The van der Waals surface area contributed by atoms with E-state index in [0.29, 0.717) is 13.0 Å². The summed E-state index contributed by atoms with van der Waals surface area (Å²) in [4.78, 5) is 53.9. The van der Waals surface area contributed by atoms with Crippen LogP contribution in [0.5, 0.6) is 5.75 Å². The third-order valence-electron chi connectivity index (χ3n) is 7.89. The van der Waals surface area contributed by atoms with Gasteiger partial charge in [-0.2, -0.15) is 0 Å². The molecule has 1 unspecified atom stereocenters. The monoisotopic (exact) mass is 585 g/mol. The van der Waals surface area contributed by atoms with Crippen molar-refractivity contribution in [2.75, 3.05) is 6.54 Å². The lowest BCUT2D eigenvalue weighted by atomic mass is 9.93. The van der Waals surface area contributed by atoms with Crippen LogP contribution in [0.1, 0.15) is 34.2 Å². The number of carbonyl (C=O) groups excluding carboxylic acids is 4. The van der Waals surface area contributed by atoms with Crippen LogP contribution in [-0.2, 0) is 38.4 Å². The van der Waals surface area contributed by atoms with Crippen molar-refractivity contribution in [1.29, 1.82) is 0 Å². The van der Waals surface area contributed by atoms with Crippen molar-refractivity contribution in [1.82, 2.24) is 15.5 Å². The first kappa shape index (κ1) is 31.2. The number of primary amides is 1. The maximum Gasteiger partial charge on any atom is 0.243 e. The Morgan fingerprint density at radius 1 is 0.860 bits per heavy atom. The van der Waals surface area contributed by atoms with Gasteiger partial charge in [-0.25, -0.2) is 0 Å². The van der Waals surface area contributed by atoms with Crippen LogP contribution in [-0.4, -0.2) is 64.3 Å². The molecule has 0 spiro atoms. The number of phenolic OH excluding ortho intramolecular Hbond substituents is 1. The van der Waals surface area contributed by atoms with E-state index in [0.717, 1.165) is 27.8 Å². The number of aryl methyl sites for hydroxylation is 2. The van der Waals surface area contributed by atoms with Crippen LogP contribution < -0.4 is 22.1 Å². The molecule has 0 aliphatic carbocycles. The summed E-state index contributed by atoms with van der Waals surface area (Å²) in [6, 6.07) is 18.0. The standard InChI is InChI=1S/C33H39N5O5/c1-20-15-24(39)16-21(2)25(20)19-26(34)33(43)38-14-13-29(38)32(42)37-28(18-23-11-7-4-8-12-23)31(41)36-27(30(35)40)17-22-9-5-3-6-10-22/h3-12,15-16,26-29,39H,13-14,17-19,34H2,1-2H3,(H2,35,40)(H,36,41)(H,37,42)/t26-,27-,28-,29?/m0/s1. The molecule has 10 nitrogen and oxygen atoms in total. The highest BCUT2D eigenvalue weighted by molar-refractivity contribution is 5.95. The fourth-order valence-corrected chi connectivity index (χ4v) is 5.41. The molecular formula is C33H39N5O5. The number of hydrogen-bond donors (Lipinski definition) is 5. The fraction of sp³-hybridized carbons (Fsp3) is 0.333. The number of aromatic hydroxyl groups is 1. The van der Waals surface area contributed by atoms with Crippen LogP contribution in [0, 0.1) is 13.8 Å². The molecule has 4 amide bonds. The summed E-state index contributed by atoms with van der Waals surface area (Å²) in [7, 11) is 0. The van der Waals surface area contributed by atoms with Gasteiger partial charge in [0.15, 0.2) is 0 Å². The highest BCUT2D eigenvalue weighted by Gasteiger charge is 2.41. The average Bonchev–Trinajstić information content (AvgIpc) is 2.94. The van der Waals surface area contributed by atoms with Crippen molar-refractivity contribution < 1.29 is 24.3 Å². The van der Waals surface area contributed by atoms with Gasteiger partial charge in [0.2, 0.25) is 23.6 Å². The molecule has 0 aromatic heterocycles. The van der Waals surface area contributed by atoms with E-state index in [2.05, 4.69) is 10.6 Å². The van der Waals surface area contributed by atoms with Crippen LogP contribution in [0.2, 0.25) is 0 Å². The van der Waals surface area contributed by atoms with Crippen LogP contribution in [0.4, 0.5) is 0 Å². The van der Waals surface area contributed by atoms with E-state index < -0.39 is 41.9 Å². The Labute approximate surface area is 251 Å². The van der Waals surface area contributed by atoms with Crippen molar-refractivity contribution in [3.8, 4) is 5.75 Å². The molecule has 4 atom stereocenters. The Balaban J connectivity index is 1.45. The van der Waals surface area contributed by atoms with Crippen LogP contribution in [0.25, 0.3) is 0 Å². The molecular weight excluding hydrogens is 546 g/mol. The van der Waals surface area contributed by atoms with Gasteiger partial charge in [0.1, 0.15) is 23.9 Å². The Bertz CT molecular complexity index is 1440. The van der Waals surface area contributed by atoms with Gasteiger partial charge in [-0.05, 0) is 66.6 Å². The third-order valence-corrected chi connectivity index (χ3v) is 7.89. The number of rotatable bonds is 12. The molecule has 10 heteroatoms. The molecule has 4 rings (SSSR count). The summed E-state index contributed by atoms with van der Waals surface area (Å²) in [6.07, 6.45) is 1.07. The van der Waals surface area contributed by atoms with E-state index in [4.69, 9.17) is 11.5 Å². The number of hydrogen-bond acceptors (Lipinski definition) is 6. The number of nitrogens with two attached hydrogens (primary N) is 2. The predicted molar refractivity (Wildman–Crippen MR) is 163 cm³/mol. The molecule has 3 aromatic rings. The maximum atomic E-state index is 13.5. The zero-order valence-electron chi connectivity index (χ0n) is 24.5. The number of benzene rings is 3. The highest BCUT2D eigenvalue weighted by atomic mass is 16.3. The Hall–Kier alpha value is -4.70. The van der Waals surface area contributed by atoms with E-state index in [-0.39, 0.29) is 30.9 Å². The average molecular weight is 586 g/mol. The first-order chi connectivity index (χ1) is 20.5. The van der Waals surface area contributed by atoms with Gasteiger partial charge in [-0.3, -0.25) is 19.2 Å². The SMILES string of the molecule is Cc1cc(O)cc(C)c1C[C@H](N)C(=O)N1CCC1C(=O)N[C@@H](Cc1ccccc1)C(=O)N[C@@H](Cc1ccccc1)C(N)=O. The van der Waals surface area contributed by atoms with Crippen molar-refractivity contribution in [2.45, 2.75) is 63.7 Å². The molecule has 1 aliphatic heterocycles. The predicted octanol–water partition coefficient (Wildman–Crippen LogP) is 1.42. The van der Waals surface area contributed by atoms with Gasteiger partial charge in [0.05, 0.1) is 6.04 Å². The number of likely N-dealkylation sites (tertiary alicyclic amines) is 1. The molecule has 1 heterocycles. The molecule has 1 fully saturated rings. The summed E-state index contributed by atoms with van der Waals surface area (Å²) < 4.78 is 0. The molecule has 0 saturated carbocycles. The molecule has 0 radical (unpaired) electrons. The second-order valence-corrected chi connectivity index (χ2v) is 11.1. The van der Waals surface area contributed by atoms with Crippen LogP contribution >= 0.6 is 0 Å². The number of carbonyl (C=O) groups is 4. The maximum absolute atomic E-state index is 13.5. The minimum atomic E-state index is -1.01. The van der Waals surface area contributed by atoms with Crippen molar-refractivity contribution in [2.24, 2.45) is 11.5 Å². The molecule has 1 saturated heterocycles. The number of nitrogens with zero attached hydrogens (tertiary/aromatic N) is 1. The van der Waals surface area contributed by atoms with E-state index >= 15 is 0 Å². The van der Waals surface area contributed by atoms with Gasteiger partial charge in [0, 0.05) is 19.4 Å². The first-order valence-electron chi connectivity index (χ1n) is 14.4. The molecule has 3 aromatic carbocycles. The minimum Gasteiger partial charge on any atom is -0.508 e. The van der Waals surface area contributed by atoms with Crippen molar-refractivity contribution in [3.63, 3.8) is 0 Å². The lowest BCUT2D eigenvalue weighted by molar-refractivity contribution is -0.149. The number of nitrogens with one attached hydrogen (secondary N) is 2. The van der Waals surface area contributed by atoms with Crippen LogP contribution in [0.3, 0.4) is 0 Å². The number of phenols is 1. The summed E-state index contributed by atoms with van der Waals surface area (Å²) in [5.74, 6) is -1.93. The van der Waals surface area contributed by atoms with Crippen molar-refractivity contribution in [3.05, 3.63) is 101 Å². The molecule has 7 N–H and O–H groups in total. The molecule has 226 valence electrons. The summed E-state index contributed by atoms with van der Waals surface area (Å²) >= 11 is 0. The van der Waals surface area contributed by atoms with E-state index in [1.807, 2.05) is 74.5 Å². The highest BCUT2D eigenvalue weighted by Crippen LogP contribution is 2.24. The van der Waals surface area contributed by atoms with E-state index in [1.54, 1.807) is 12.1 Å². The van der Waals surface area contributed by atoms with Gasteiger partial charge in [-0.1, -0.05) is 60.7 Å². The normalized spacial score (nSPS) is 16.3.